The lowest BCUT2D eigenvalue weighted by molar-refractivity contribution is 0.203. The molecule has 1 N–H and O–H groups in total. The molecule has 248 valence electrons. The highest BCUT2D eigenvalue weighted by Gasteiger charge is 2.35. The van der Waals surface area contributed by atoms with E-state index in [1.165, 1.54) is 27.8 Å². The summed E-state index contributed by atoms with van der Waals surface area (Å²) in [6.45, 7) is 37.7. The van der Waals surface area contributed by atoms with Crippen LogP contribution >= 0.6 is 8.60 Å². The van der Waals surface area contributed by atoms with Crippen molar-refractivity contribution in [2.24, 2.45) is 0 Å². The second-order valence-corrected chi connectivity index (χ2v) is 19.0. The Balaban J connectivity index is 2.29. The maximum Gasteiger partial charge on any atom is 0.395 e. The summed E-state index contributed by atoms with van der Waals surface area (Å²) in [7, 11) is -2.32. The zero-order chi connectivity index (χ0) is 34.5. The maximum atomic E-state index is 11.9. The summed E-state index contributed by atoms with van der Waals surface area (Å²) in [4.78, 5) is 11.9. The van der Waals surface area contributed by atoms with Crippen LogP contribution in [0.4, 0.5) is 0 Å². The predicted molar refractivity (Wildman–Crippen MR) is 195 cm³/mol. The molecule has 3 nitrogen and oxygen atoms in total. The van der Waals surface area contributed by atoms with Gasteiger partial charge in [-0.3, -0.25) is 4.52 Å². The van der Waals surface area contributed by atoms with Crippen molar-refractivity contribution in [1.82, 2.24) is 0 Å². The summed E-state index contributed by atoms with van der Waals surface area (Å²) in [5.74, 6) is 0.732. The van der Waals surface area contributed by atoms with Crippen molar-refractivity contribution in [3.8, 4) is 5.75 Å². The van der Waals surface area contributed by atoms with E-state index in [-0.39, 0.29) is 27.1 Å². The van der Waals surface area contributed by atoms with E-state index in [9.17, 15) is 4.89 Å². The summed E-state index contributed by atoms with van der Waals surface area (Å²) >= 11 is 0. The van der Waals surface area contributed by atoms with Crippen molar-refractivity contribution in [1.29, 1.82) is 0 Å². The minimum absolute atomic E-state index is 0.0341. The average Bonchev–Trinajstić information content (AvgIpc) is 2.84. The summed E-state index contributed by atoms with van der Waals surface area (Å²) in [6.07, 6.45) is -0.518. The Morgan fingerprint density at radius 3 is 1.18 bits per heavy atom. The van der Waals surface area contributed by atoms with E-state index in [0.29, 0.717) is 0 Å². The number of hydrogen-bond donors (Lipinski definition) is 1. The Morgan fingerprint density at radius 1 is 0.511 bits per heavy atom. The smallest absolute Gasteiger partial charge is 0.395 e. The Bertz CT molecular complexity index is 1400. The zero-order valence-corrected chi connectivity index (χ0v) is 32.3. The molecule has 0 amide bonds. The van der Waals surface area contributed by atoms with E-state index in [1.54, 1.807) is 0 Å². The molecule has 0 aliphatic carbocycles. The molecule has 3 aromatic carbocycles. The van der Waals surface area contributed by atoms with Crippen LogP contribution in [-0.4, -0.2) is 4.89 Å². The maximum absolute atomic E-state index is 11.9. The van der Waals surface area contributed by atoms with Crippen molar-refractivity contribution in [2.45, 2.75) is 151 Å². The lowest BCUT2D eigenvalue weighted by Gasteiger charge is -2.35. The number of benzene rings is 3. The molecule has 0 heterocycles. The first-order valence-corrected chi connectivity index (χ1v) is 17.6. The Morgan fingerprint density at radius 2 is 0.867 bits per heavy atom. The molecule has 0 saturated heterocycles. The number of rotatable bonds is 6. The molecular formula is C41H61O3P. The molecule has 4 heteroatoms. The predicted octanol–water partition coefficient (Wildman–Crippen LogP) is 12.2. The van der Waals surface area contributed by atoms with Crippen molar-refractivity contribution >= 4 is 8.60 Å². The van der Waals surface area contributed by atoms with Gasteiger partial charge in [0.15, 0.2) is 0 Å². The summed E-state index contributed by atoms with van der Waals surface area (Å²) < 4.78 is 13.5. The summed E-state index contributed by atoms with van der Waals surface area (Å²) in [5, 5.41) is 0. The lowest BCUT2D eigenvalue weighted by atomic mass is 9.75. The van der Waals surface area contributed by atoms with Crippen LogP contribution in [0.15, 0.2) is 48.5 Å². The van der Waals surface area contributed by atoms with Gasteiger partial charge in [0.05, 0.1) is 0 Å². The van der Waals surface area contributed by atoms with Crippen LogP contribution in [0.1, 0.15) is 160 Å². The van der Waals surface area contributed by atoms with Gasteiger partial charge in [-0.15, -0.1) is 0 Å². The van der Waals surface area contributed by atoms with E-state index in [2.05, 4.69) is 166 Å². The average molecular weight is 633 g/mol. The van der Waals surface area contributed by atoms with Crippen LogP contribution < -0.4 is 4.52 Å². The fourth-order valence-corrected chi connectivity index (χ4v) is 6.65. The third kappa shape index (κ3) is 9.00. The number of aryl methyl sites for hydroxylation is 2. The van der Waals surface area contributed by atoms with Gasteiger partial charge in [0.25, 0.3) is 0 Å². The molecule has 0 aliphatic rings. The first-order chi connectivity index (χ1) is 20.2. The molecule has 45 heavy (non-hydrogen) atoms. The molecule has 3 rings (SSSR count). The normalized spacial score (nSPS) is 14.2. The molecule has 0 aliphatic heterocycles. The first-order valence-electron chi connectivity index (χ1n) is 16.5. The highest BCUT2D eigenvalue weighted by Crippen LogP contribution is 2.51. The van der Waals surface area contributed by atoms with E-state index in [1.807, 2.05) is 0 Å². The van der Waals surface area contributed by atoms with Gasteiger partial charge in [0.2, 0.25) is 0 Å². The summed E-state index contributed by atoms with van der Waals surface area (Å²) in [5.41, 5.74) is 9.64. The third-order valence-electron chi connectivity index (χ3n) is 8.53. The van der Waals surface area contributed by atoms with E-state index in [0.717, 1.165) is 28.0 Å². The quantitative estimate of drug-likeness (QED) is 0.275. The van der Waals surface area contributed by atoms with Crippen LogP contribution in [-0.2, 0) is 31.6 Å². The van der Waals surface area contributed by atoms with E-state index < -0.39 is 14.7 Å². The van der Waals surface area contributed by atoms with Crippen molar-refractivity contribution in [2.75, 3.05) is 0 Å². The van der Waals surface area contributed by atoms with Gasteiger partial charge in [-0.2, -0.15) is 0 Å². The highest BCUT2D eigenvalue weighted by molar-refractivity contribution is 7.41. The van der Waals surface area contributed by atoms with Crippen LogP contribution in [0.2, 0.25) is 0 Å². The monoisotopic (exact) mass is 632 g/mol. The lowest BCUT2D eigenvalue weighted by Crippen LogP contribution is -2.23. The Labute approximate surface area is 277 Å². The van der Waals surface area contributed by atoms with Crippen molar-refractivity contribution < 1.29 is 13.9 Å². The van der Waals surface area contributed by atoms with Gasteiger partial charge >= 0.3 is 8.60 Å². The van der Waals surface area contributed by atoms with Gasteiger partial charge < -0.3 is 9.42 Å². The second kappa shape index (κ2) is 12.8. The molecule has 1 unspecified atom stereocenters. The standard InChI is InChI=1S/C41H61O3P/c1-26-18-20-29(31(22-26)38(6,7)8)35(30-21-19-27(2)23-32(30)39(9,10)11)43-45(42)44-36-33(40(12,13)14)24-28(37(3,4)5)25-34(36)41(15,16)17/h18-25,35,42H,1-17H3. The van der Waals surface area contributed by atoms with Crippen LogP contribution in [0.3, 0.4) is 0 Å². The van der Waals surface area contributed by atoms with Gasteiger partial charge in [-0.05, 0) is 68.7 Å². The Kier molecular flexibility index (Phi) is 10.6. The van der Waals surface area contributed by atoms with Gasteiger partial charge in [0.1, 0.15) is 11.9 Å². The van der Waals surface area contributed by atoms with E-state index >= 15 is 0 Å². The zero-order valence-electron chi connectivity index (χ0n) is 31.4. The van der Waals surface area contributed by atoms with Gasteiger partial charge in [0, 0.05) is 11.1 Å². The SMILES string of the molecule is Cc1ccc(C(OP(O)Oc2c(C(C)(C)C)cc(C(C)(C)C)cc2C(C)(C)C)c2ccc(C)cc2C(C)(C)C)c(C(C)(C)C)c1. The largest absolute Gasteiger partial charge is 0.426 e. The molecule has 0 saturated carbocycles. The minimum atomic E-state index is -2.32. The topological polar surface area (TPSA) is 38.7 Å². The van der Waals surface area contributed by atoms with Crippen molar-refractivity contribution in [3.63, 3.8) is 0 Å². The molecule has 0 aromatic heterocycles. The highest BCUT2D eigenvalue weighted by atomic mass is 31.2. The molecule has 0 fully saturated rings. The Hall–Kier alpha value is -2.19. The molecule has 3 aromatic rings. The molecule has 0 bridgehead atoms. The fourth-order valence-electron chi connectivity index (χ4n) is 5.84. The van der Waals surface area contributed by atoms with Crippen LogP contribution in [0.25, 0.3) is 0 Å². The molecule has 0 radical (unpaired) electrons. The van der Waals surface area contributed by atoms with Crippen LogP contribution in [0, 0.1) is 13.8 Å². The second-order valence-electron chi connectivity index (χ2n) is 18.1. The number of hydrogen-bond acceptors (Lipinski definition) is 3. The third-order valence-corrected chi connectivity index (χ3v) is 9.26. The summed E-state index contributed by atoms with van der Waals surface area (Å²) in [6, 6.07) is 17.7. The van der Waals surface area contributed by atoms with Crippen molar-refractivity contribution in [3.05, 3.63) is 98.6 Å². The van der Waals surface area contributed by atoms with Gasteiger partial charge in [-0.25, -0.2) is 0 Å². The van der Waals surface area contributed by atoms with Crippen LogP contribution in [0.5, 0.6) is 5.75 Å². The fraction of sp³-hybridized carbons (Fsp3) is 0.561. The van der Waals surface area contributed by atoms with Gasteiger partial charge in [-0.1, -0.05) is 164 Å². The van der Waals surface area contributed by atoms with E-state index in [4.69, 9.17) is 9.05 Å². The molecule has 1 atom stereocenters. The molecule has 0 spiro atoms. The molecular weight excluding hydrogens is 571 g/mol. The minimum Gasteiger partial charge on any atom is -0.426 e. The first kappa shape index (κ1) is 37.3.